The van der Waals surface area contributed by atoms with Crippen LogP contribution in [0.4, 0.5) is 0 Å². The highest BCUT2D eigenvalue weighted by molar-refractivity contribution is 6.31. The van der Waals surface area contributed by atoms with Gasteiger partial charge in [0.1, 0.15) is 5.60 Å². The van der Waals surface area contributed by atoms with Crippen LogP contribution >= 0.6 is 11.6 Å². The summed E-state index contributed by atoms with van der Waals surface area (Å²) in [5.41, 5.74) is 1.30. The first-order valence-corrected chi connectivity index (χ1v) is 6.70. The fourth-order valence-electron chi connectivity index (χ4n) is 2.18. The van der Waals surface area contributed by atoms with Crippen LogP contribution in [-0.2, 0) is 16.0 Å². The number of hydrogen-bond donors (Lipinski definition) is 0. The zero-order valence-corrected chi connectivity index (χ0v) is 12.3. The Bertz CT molecular complexity index is 414. The molecule has 0 aliphatic carbocycles. The molecule has 0 radical (unpaired) electrons. The van der Waals surface area contributed by atoms with Gasteiger partial charge < -0.3 is 4.74 Å². The molecule has 2 nitrogen and oxygen atoms in total. The number of ketones is 1. The van der Waals surface area contributed by atoms with Gasteiger partial charge in [-0.1, -0.05) is 37.6 Å². The van der Waals surface area contributed by atoms with E-state index in [2.05, 4.69) is 0 Å². The van der Waals surface area contributed by atoms with Crippen LogP contribution in [0.5, 0.6) is 0 Å². The zero-order chi connectivity index (χ0) is 13.8. The van der Waals surface area contributed by atoms with Crippen LogP contribution in [-0.4, -0.2) is 18.5 Å². The molecule has 0 N–H and O–H groups in total. The third-order valence-corrected chi connectivity index (χ3v) is 3.95. The molecule has 0 spiro atoms. The second kappa shape index (κ2) is 6.35. The molecule has 0 bridgehead atoms. The van der Waals surface area contributed by atoms with Gasteiger partial charge in [-0.05, 0) is 37.0 Å². The van der Waals surface area contributed by atoms with E-state index in [4.69, 9.17) is 16.3 Å². The fraction of sp³-hybridized carbons (Fsp3) is 0.533. The van der Waals surface area contributed by atoms with Crippen LogP contribution in [0.1, 0.15) is 37.8 Å². The van der Waals surface area contributed by atoms with E-state index in [1.54, 1.807) is 7.11 Å². The summed E-state index contributed by atoms with van der Waals surface area (Å²) in [6.45, 7) is 5.93. The molecule has 100 valence electrons. The van der Waals surface area contributed by atoms with Crippen molar-refractivity contribution in [3.8, 4) is 0 Å². The van der Waals surface area contributed by atoms with Crippen molar-refractivity contribution >= 4 is 17.4 Å². The first kappa shape index (κ1) is 15.2. The summed E-state index contributed by atoms with van der Waals surface area (Å²) in [6.07, 6.45) is 1.69. The fourth-order valence-corrected chi connectivity index (χ4v) is 2.48. The molecule has 3 heteroatoms. The first-order valence-electron chi connectivity index (χ1n) is 6.32. The largest absolute Gasteiger partial charge is 0.370 e. The lowest BCUT2D eigenvalue weighted by molar-refractivity contribution is -0.141. The predicted octanol–water partition coefficient (Wildman–Crippen LogP) is 3.97. The van der Waals surface area contributed by atoms with Crippen molar-refractivity contribution in [1.82, 2.24) is 0 Å². The van der Waals surface area contributed by atoms with Crippen molar-refractivity contribution in [3.05, 3.63) is 34.3 Å². The number of methoxy groups -OCH3 is 1. The molecule has 0 unspecified atom stereocenters. The first-order chi connectivity index (χ1) is 8.49. The molecular weight excluding hydrogens is 248 g/mol. The third kappa shape index (κ3) is 3.12. The van der Waals surface area contributed by atoms with Crippen molar-refractivity contribution in [3.63, 3.8) is 0 Å². The van der Waals surface area contributed by atoms with E-state index in [-0.39, 0.29) is 5.78 Å². The molecule has 0 saturated carbocycles. The summed E-state index contributed by atoms with van der Waals surface area (Å²) in [7, 11) is 1.60. The summed E-state index contributed by atoms with van der Waals surface area (Å²) < 4.78 is 5.44. The number of benzene rings is 1. The van der Waals surface area contributed by atoms with Crippen molar-refractivity contribution < 1.29 is 9.53 Å². The Balaban J connectivity index is 2.93. The maximum absolute atomic E-state index is 12.4. The Hall–Kier alpha value is -0.860. The number of Topliss-reactive ketones (excluding diaryl/α,β-unsaturated/α-hetero) is 1. The normalized spacial score (nSPS) is 11.6. The van der Waals surface area contributed by atoms with Crippen molar-refractivity contribution in [2.45, 2.75) is 45.6 Å². The molecule has 0 atom stereocenters. The second-order valence-corrected chi connectivity index (χ2v) is 5.01. The highest BCUT2D eigenvalue weighted by Gasteiger charge is 2.34. The molecular formula is C15H21ClO2. The minimum atomic E-state index is -0.672. The number of hydrogen-bond acceptors (Lipinski definition) is 2. The Morgan fingerprint density at radius 1 is 1.33 bits per heavy atom. The Morgan fingerprint density at radius 3 is 2.39 bits per heavy atom. The average molecular weight is 269 g/mol. The van der Waals surface area contributed by atoms with Crippen LogP contribution in [0.25, 0.3) is 0 Å². The van der Waals surface area contributed by atoms with Gasteiger partial charge in [-0.2, -0.15) is 0 Å². The maximum Gasteiger partial charge on any atom is 0.168 e. The molecule has 0 aliphatic heterocycles. The van der Waals surface area contributed by atoms with E-state index in [1.165, 1.54) is 0 Å². The highest BCUT2D eigenvalue weighted by Crippen LogP contribution is 2.25. The number of halogens is 1. The summed E-state index contributed by atoms with van der Waals surface area (Å²) in [5.74, 6) is 0.0979. The van der Waals surface area contributed by atoms with Gasteiger partial charge in [0.25, 0.3) is 0 Å². The molecule has 0 fully saturated rings. The standard InChI is InChI=1S/C15H21ClO2/c1-5-15(6-2,18-4)14(17)10-12-8-7-11(3)9-13(12)16/h7-9H,5-6,10H2,1-4H3. The van der Waals surface area contributed by atoms with Crippen LogP contribution in [0.15, 0.2) is 18.2 Å². The number of ether oxygens (including phenoxy) is 1. The molecule has 0 amide bonds. The van der Waals surface area contributed by atoms with Crippen LogP contribution in [0.2, 0.25) is 5.02 Å². The lowest BCUT2D eigenvalue weighted by Gasteiger charge is -2.28. The summed E-state index contributed by atoms with van der Waals surface area (Å²) in [5, 5.41) is 0.653. The van der Waals surface area contributed by atoms with Gasteiger partial charge in [-0.15, -0.1) is 0 Å². The molecule has 0 heterocycles. The smallest absolute Gasteiger partial charge is 0.168 e. The predicted molar refractivity (Wildman–Crippen MR) is 75.2 cm³/mol. The summed E-state index contributed by atoms with van der Waals surface area (Å²) in [6, 6.07) is 5.78. The van der Waals surface area contributed by atoms with Crippen molar-refractivity contribution in [1.29, 1.82) is 0 Å². The molecule has 0 aliphatic rings. The molecule has 1 rings (SSSR count). The van der Waals surface area contributed by atoms with E-state index >= 15 is 0 Å². The quantitative estimate of drug-likeness (QED) is 0.780. The van der Waals surface area contributed by atoms with Gasteiger partial charge >= 0.3 is 0 Å². The van der Waals surface area contributed by atoms with Crippen molar-refractivity contribution in [2.75, 3.05) is 7.11 Å². The summed E-state index contributed by atoms with van der Waals surface area (Å²) in [4.78, 5) is 12.4. The maximum atomic E-state index is 12.4. The topological polar surface area (TPSA) is 26.3 Å². The molecule has 0 saturated heterocycles. The lowest BCUT2D eigenvalue weighted by Crippen LogP contribution is -2.40. The van der Waals surface area contributed by atoms with Gasteiger partial charge in [0, 0.05) is 18.6 Å². The molecule has 18 heavy (non-hydrogen) atoms. The van der Waals surface area contributed by atoms with Crippen molar-refractivity contribution in [2.24, 2.45) is 0 Å². The van der Waals surface area contributed by atoms with Gasteiger partial charge in [-0.25, -0.2) is 0 Å². The molecule has 1 aromatic rings. The van der Waals surface area contributed by atoms with E-state index in [0.717, 1.165) is 11.1 Å². The average Bonchev–Trinajstić information content (AvgIpc) is 2.36. The minimum absolute atomic E-state index is 0.0979. The Kier molecular flexibility index (Phi) is 5.36. The third-order valence-electron chi connectivity index (χ3n) is 3.60. The van der Waals surface area contributed by atoms with Crippen LogP contribution in [0, 0.1) is 6.92 Å². The monoisotopic (exact) mass is 268 g/mol. The second-order valence-electron chi connectivity index (χ2n) is 4.60. The van der Waals surface area contributed by atoms with E-state index < -0.39 is 5.60 Å². The van der Waals surface area contributed by atoms with Gasteiger partial charge in [0.2, 0.25) is 0 Å². The number of aryl methyl sites for hydroxylation is 1. The van der Waals surface area contributed by atoms with Crippen LogP contribution in [0.3, 0.4) is 0 Å². The highest BCUT2D eigenvalue weighted by atomic mass is 35.5. The minimum Gasteiger partial charge on any atom is -0.370 e. The van der Waals surface area contributed by atoms with Gasteiger partial charge in [0.05, 0.1) is 0 Å². The Labute approximate surface area is 114 Å². The molecule has 0 aromatic heterocycles. The summed E-state index contributed by atoms with van der Waals surface area (Å²) >= 11 is 6.16. The SMILES string of the molecule is CCC(CC)(OC)C(=O)Cc1ccc(C)cc1Cl. The zero-order valence-electron chi connectivity index (χ0n) is 11.5. The number of carbonyl (C=O) groups excluding carboxylic acids is 1. The number of rotatable bonds is 6. The molecule has 1 aromatic carbocycles. The van der Waals surface area contributed by atoms with E-state index in [1.807, 2.05) is 39.0 Å². The van der Waals surface area contributed by atoms with Crippen LogP contribution < -0.4 is 0 Å². The number of carbonyl (C=O) groups is 1. The van der Waals surface area contributed by atoms with Gasteiger partial charge in [0.15, 0.2) is 5.78 Å². The Morgan fingerprint density at radius 2 is 1.94 bits per heavy atom. The lowest BCUT2D eigenvalue weighted by atomic mass is 9.88. The van der Waals surface area contributed by atoms with E-state index in [0.29, 0.717) is 24.3 Å². The van der Waals surface area contributed by atoms with E-state index in [9.17, 15) is 4.79 Å². The van der Waals surface area contributed by atoms with Gasteiger partial charge in [-0.3, -0.25) is 4.79 Å².